The van der Waals surface area contributed by atoms with E-state index in [2.05, 4.69) is 28.8 Å². The fourth-order valence-corrected chi connectivity index (χ4v) is 5.67. The lowest BCUT2D eigenvalue weighted by Crippen LogP contribution is -2.32. The Bertz CT molecular complexity index is 1280. The standard InChI is InChI=1S/C25H33N5O2S2/c1-5-13-30(14-6-2)34(31,32)22-11-12-24-23(16-22)20(18-29(24)4)17-26-28-25(33)27-21-10-8-9-19(7-3)15-21/h8-12,15-18H,5-7,13-14H2,1-4H3,(H2,27,28,33)/b26-17-. The summed E-state index contributed by atoms with van der Waals surface area (Å²) in [5, 5.41) is 8.60. The Labute approximate surface area is 207 Å². The number of sulfonamides is 1. The molecule has 0 bridgehead atoms. The van der Waals surface area contributed by atoms with Gasteiger partial charge in [-0.1, -0.05) is 32.9 Å². The molecule has 0 amide bonds. The fourth-order valence-electron chi connectivity index (χ4n) is 3.85. The molecule has 0 radical (unpaired) electrons. The molecule has 0 unspecified atom stereocenters. The van der Waals surface area contributed by atoms with Crippen molar-refractivity contribution in [3.8, 4) is 0 Å². The first-order valence-corrected chi connectivity index (χ1v) is 13.4. The maximum Gasteiger partial charge on any atom is 0.243 e. The van der Waals surface area contributed by atoms with E-state index in [0.29, 0.717) is 23.1 Å². The minimum Gasteiger partial charge on any atom is -0.350 e. The van der Waals surface area contributed by atoms with Crippen LogP contribution in [-0.2, 0) is 23.5 Å². The molecule has 9 heteroatoms. The molecule has 34 heavy (non-hydrogen) atoms. The van der Waals surface area contributed by atoms with E-state index in [1.165, 1.54) is 5.56 Å². The molecule has 0 saturated heterocycles. The van der Waals surface area contributed by atoms with Gasteiger partial charge in [0.05, 0.1) is 11.1 Å². The van der Waals surface area contributed by atoms with Crippen LogP contribution in [0.3, 0.4) is 0 Å². The van der Waals surface area contributed by atoms with Gasteiger partial charge in [0.2, 0.25) is 10.0 Å². The average molecular weight is 500 g/mol. The van der Waals surface area contributed by atoms with Gasteiger partial charge in [-0.15, -0.1) is 0 Å². The Morgan fingerprint density at radius 3 is 2.53 bits per heavy atom. The van der Waals surface area contributed by atoms with Crippen LogP contribution in [0.5, 0.6) is 0 Å². The first kappa shape index (κ1) is 25.9. The topological polar surface area (TPSA) is 78.7 Å². The number of nitrogens with one attached hydrogen (secondary N) is 2. The van der Waals surface area contributed by atoms with Crippen LogP contribution in [0.2, 0.25) is 0 Å². The van der Waals surface area contributed by atoms with E-state index >= 15 is 0 Å². The van der Waals surface area contributed by atoms with Crippen molar-refractivity contribution < 1.29 is 8.42 Å². The van der Waals surface area contributed by atoms with Gasteiger partial charge in [-0.25, -0.2) is 8.42 Å². The highest BCUT2D eigenvalue weighted by molar-refractivity contribution is 7.89. The molecule has 3 rings (SSSR count). The third-order valence-corrected chi connectivity index (χ3v) is 7.63. The average Bonchev–Trinajstić information content (AvgIpc) is 3.14. The van der Waals surface area contributed by atoms with E-state index in [4.69, 9.17) is 12.2 Å². The molecule has 1 aromatic heterocycles. The van der Waals surface area contributed by atoms with E-state index < -0.39 is 10.0 Å². The first-order chi connectivity index (χ1) is 16.3. The largest absolute Gasteiger partial charge is 0.350 e. The molecule has 3 aromatic rings. The molecule has 0 atom stereocenters. The van der Waals surface area contributed by atoms with Crippen LogP contribution in [0.15, 0.2) is 58.7 Å². The van der Waals surface area contributed by atoms with Crippen molar-refractivity contribution in [2.45, 2.75) is 44.9 Å². The summed E-state index contributed by atoms with van der Waals surface area (Å²) >= 11 is 5.35. The fraction of sp³-hybridized carbons (Fsp3) is 0.360. The third-order valence-electron chi connectivity index (χ3n) is 5.54. The lowest BCUT2D eigenvalue weighted by Gasteiger charge is -2.21. The van der Waals surface area contributed by atoms with Crippen molar-refractivity contribution >= 4 is 50.2 Å². The Hall–Kier alpha value is -2.75. The van der Waals surface area contributed by atoms with Crippen molar-refractivity contribution in [3.05, 3.63) is 59.8 Å². The Morgan fingerprint density at radius 1 is 1.12 bits per heavy atom. The second-order valence-electron chi connectivity index (χ2n) is 8.16. The van der Waals surface area contributed by atoms with Crippen molar-refractivity contribution in [2.75, 3.05) is 18.4 Å². The number of hydrogen-bond donors (Lipinski definition) is 2. The number of anilines is 1. The zero-order chi connectivity index (χ0) is 24.7. The number of benzene rings is 2. The zero-order valence-corrected chi connectivity index (χ0v) is 21.8. The lowest BCUT2D eigenvalue weighted by molar-refractivity contribution is 0.410. The predicted molar refractivity (Wildman–Crippen MR) is 145 cm³/mol. The number of thiocarbonyl (C=S) groups is 1. The van der Waals surface area contributed by atoms with Gasteiger partial charge < -0.3 is 9.88 Å². The summed E-state index contributed by atoms with van der Waals surface area (Å²) in [4.78, 5) is 0.295. The molecule has 0 fully saturated rings. The molecule has 7 nitrogen and oxygen atoms in total. The van der Waals surface area contributed by atoms with Crippen LogP contribution in [0, 0.1) is 0 Å². The van der Waals surface area contributed by atoms with Gasteiger partial charge in [-0.2, -0.15) is 9.41 Å². The second-order valence-corrected chi connectivity index (χ2v) is 10.5. The molecule has 0 spiro atoms. The SMILES string of the molecule is CCCN(CCC)S(=O)(=O)c1ccc2c(c1)c(/C=N\NC(=S)Nc1cccc(CC)c1)cn2C. The van der Waals surface area contributed by atoms with Crippen molar-refractivity contribution in [3.63, 3.8) is 0 Å². The van der Waals surface area contributed by atoms with Crippen LogP contribution in [0.25, 0.3) is 10.9 Å². The van der Waals surface area contributed by atoms with Gasteiger partial charge in [0, 0.05) is 48.5 Å². The van der Waals surface area contributed by atoms with Crippen LogP contribution in [0.4, 0.5) is 5.69 Å². The summed E-state index contributed by atoms with van der Waals surface area (Å²) in [6.45, 7) is 7.09. The Kier molecular flexibility index (Phi) is 8.82. The highest BCUT2D eigenvalue weighted by Crippen LogP contribution is 2.25. The van der Waals surface area contributed by atoms with Gasteiger partial charge in [-0.3, -0.25) is 5.43 Å². The molecular formula is C25H33N5O2S2. The highest BCUT2D eigenvalue weighted by Gasteiger charge is 2.24. The molecule has 2 N–H and O–H groups in total. The van der Waals surface area contributed by atoms with Gasteiger partial charge in [0.1, 0.15) is 0 Å². The van der Waals surface area contributed by atoms with Crippen LogP contribution >= 0.6 is 12.2 Å². The molecule has 2 aromatic carbocycles. The zero-order valence-electron chi connectivity index (χ0n) is 20.2. The molecule has 0 aliphatic rings. The van der Waals surface area contributed by atoms with Crippen LogP contribution < -0.4 is 10.7 Å². The molecule has 0 aliphatic carbocycles. The minimum absolute atomic E-state index is 0.295. The third kappa shape index (κ3) is 6.02. The summed E-state index contributed by atoms with van der Waals surface area (Å²) < 4.78 is 30.0. The first-order valence-electron chi connectivity index (χ1n) is 11.6. The van der Waals surface area contributed by atoms with Gasteiger partial charge >= 0.3 is 0 Å². The van der Waals surface area contributed by atoms with Crippen molar-refractivity contribution in [1.82, 2.24) is 14.3 Å². The minimum atomic E-state index is -3.57. The maximum absolute atomic E-state index is 13.2. The maximum atomic E-state index is 13.2. The number of fused-ring (bicyclic) bond motifs is 1. The van der Waals surface area contributed by atoms with Gasteiger partial charge in [0.15, 0.2) is 5.11 Å². The molecule has 1 heterocycles. The normalized spacial score (nSPS) is 12.0. The Balaban J connectivity index is 1.81. The lowest BCUT2D eigenvalue weighted by atomic mass is 10.1. The quantitative estimate of drug-likeness (QED) is 0.236. The number of aryl methyl sites for hydroxylation is 2. The number of hydrazone groups is 1. The predicted octanol–water partition coefficient (Wildman–Crippen LogP) is 4.87. The van der Waals surface area contributed by atoms with E-state index in [9.17, 15) is 8.42 Å². The smallest absolute Gasteiger partial charge is 0.243 e. The van der Waals surface area contributed by atoms with E-state index in [1.54, 1.807) is 22.7 Å². The monoisotopic (exact) mass is 499 g/mol. The Morgan fingerprint density at radius 2 is 1.85 bits per heavy atom. The highest BCUT2D eigenvalue weighted by atomic mass is 32.2. The number of hydrogen-bond acceptors (Lipinski definition) is 4. The molecule has 0 saturated carbocycles. The molecule has 0 aliphatic heterocycles. The van der Waals surface area contributed by atoms with E-state index in [-0.39, 0.29) is 0 Å². The summed E-state index contributed by atoms with van der Waals surface area (Å²) in [7, 11) is -1.64. The summed E-state index contributed by atoms with van der Waals surface area (Å²) in [5.74, 6) is 0. The van der Waals surface area contributed by atoms with Gasteiger partial charge in [0.25, 0.3) is 0 Å². The second kappa shape index (κ2) is 11.6. The number of nitrogens with zero attached hydrogens (tertiary/aromatic N) is 3. The van der Waals surface area contributed by atoms with Crippen LogP contribution in [-0.4, -0.2) is 41.7 Å². The van der Waals surface area contributed by atoms with Crippen LogP contribution in [0.1, 0.15) is 44.7 Å². The van der Waals surface area contributed by atoms with Crippen molar-refractivity contribution in [1.29, 1.82) is 0 Å². The summed E-state index contributed by atoms with van der Waals surface area (Å²) in [6, 6.07) is 13.3. The van der Waals surface area contributed by atoms with Crippen molar-refractivity contribution in [2.24, 2.45) is 12.1 Å². The van der Waals surface area contributed by atoms with E-state index in [0.717, 1.165) is 41.4 Å². The van der Waals surface area contributed by atoms with E-state index in [1.807, 2.05) is 55.9 Å². The molecule has 182 valence electrons. The summed E-state index contributed by atoms with van der Waals surface area (Å²) in [5.41, 5.74) is 6.68. The molecular weight excluding hydrogens is 466 g/mol. The van der Waals surface area contributed by atoms with Gasteiger partial charge in [-0.05, 0) is 67.4 Å². The number of aromatic nitrogens is 1. The summed E-state index contributed by atoms with van der Waals surface area (Å²) in [6.07, 6.45) is 6.07. The number of rotatable bonds is 10.